The lowest BCUT2D eigenvalue weighted by atomic mass is 10.0. The Bertz CT molecular complexity index is 1750. The van der Waals surface area contributed by atoms with Gasteiger partial charge >= 0.3 is 0 Å². The van der Waals surface area contributed by atoms with E-state index in [1.165, 1.54) is 54.7 Å². The van der Waals surface area contributed by atoms with Gasteiger partial charge in [-0.2, -0.15) is 0 Å². The maximum atomic E-state index is 15.7. The number of methoxy groups -OCH3 is 1. The second-order valence-electron chi connectivity index (χ2n) is 11.1. The van der Waals surface area contributed by atoms with Gasteiger partial charge in [0.1, 0.15) is 17.6 Å². The van der Waals surface area contributed by atoms with Gasteiger partial charge in [-0.25, -0.2) is 18.7 Å². The van der Waals surface area contributed by atoms with Crippen LogP contribution in [0.15, 0.2) is 60.9 Å². The van der Waals surface area contributed by atoms with Crippen molar-refractivity contribution < 1.29 is 37.3 Å². The molecule has 46 heavy (non-hydrogen) atoms. The van der Waals surface area contributed by atoms with E-state index in [0.717, 1.165) is 45.3 Å². The second-order valence-corrected chi connectivity index (χ2v) is 11.1. The van der Waals surface area contributed by atoms with E-state index < -0.39 is 28.9 Å². The highest BCUT2D eigenvalue weighted by molar-refractivity contribution is 6.16. The molecule has 1 aliphatic heterocycles. The van der Waals surface area contributed by atoms with Gasteiger partial charge in [-0.15, -0.1) is 0 Å². The predicted molar refractivity (Wildman–Crippen MR) is 164 cm³/mol. The highest BCUT2D eigenvalue weighted by atomic mass is 19.1. The molecular formula is C33H33F2N5O6. The Morgan fingerprint density at radius 3 is 2.39 bits per heavy atom. The lowest BCUT2D eigenvalue weighted by molar-refractivity contribution is -0.133. The number of rotatable bonds is 12. The number of primary amides is 1. The van der Waals surface area contributed by atoms with Crippen molar-refractivity contribution in [3.63, 3.8) is 0 Å². The molecule has 1 saturated heterocycles. The number of hydrogen-bond acceptors (Lipinski definition) is 9. The van der Waals surface area contributed by atoms with Crippen LogP contribution in [-0.4, -0.2) is 73.2 Å². The van der Waals surface area contributed by atoms with Crippen molar-refractivity contribution in [3.05, 3.63) is 72.6 Å². The molecule has 2 amide bonds. The zero-order valence-corrected chi connectivity index (χ0v) is 25.2. The standard InChI is InChI=1S/C33H33F2N5O6/c1-43-28-19-26-24(18-29(28)45-14-2-11-39-12-15-44-16-13-39)30(38-20-37-26)46-27-8-7-23(17-25(27)35)40(22-5-3-21(34)4-6-22)32(42)33(9-10-33)31(36)41/h3-8,17-20H,2,9-16H2,1H3,(H2,36,41). The van der Waals surface area contributed by atoms with Gasteiger partial charge in [0.15, 0.2) is 23.1 Å². The first-order valence-corrected chi connectivity index (χ1v) is 14.9. The van der Waals surface area contributed by atoms with Crippen LogP contribution in [0.25, 0.3) is 10.9 Å². The highest BCUT2D eigenvalue weighted by Crippen LogP contribution is 2.49. The monoisotopic (exact) mass is 633 g/mol. The number of aromatic nitrogens is 2. The summed E-state index contributed by atoms with van der Waals surface area (Å²) in [5.74, 6) is -1.85. The van der Waals surface area contributed by atoms with E-state index in [1.54, 1.807) is 12.1 Å². The number of hydrogen-bond donors (Lipinski definition) is 1. The summed E-state index contributed by atoms with van der Waals surface area (Å²) in [6.45, 7) is 4.56. The maximum absolute atomic E-state index is 15.7. The molecule has 240 valence electrons. The van der Waals surface area contributed by atoms with Crippen LogP contribution in [0.3, 0.4) is 0 Å². The number of nitrogens with two attached hydrogens (primary N) is 1. The molecule has 0 bridgehead atoms. The first kappa shape index (κ1) is 31.1. The van der Waals surface area contributed by atoms with Gasteiger partial charge in [0, 0.05) is 37.5 Å². The Morgan fingerprint density at radius 1 is 0.978 bits per heavy atom. The fourth-order valence-corrected chi connectivity index (χ4v) is 5.38. The van der Waals surface area contributed by atoms with E-state index in [4.69, 9.17) is 24.7 Å². The normalized spacial score (nSPS) is 15.7. The molecule has 0 atom stereocenters. The molecule has 13 heteroatoms. The van der Waals surface area contributed by atoms with Crippen LogP contribution in [0.2, 0.25) is 0 Å². The van der Waals surface area contributed by atoms with Crippen LogP contribution in [0.1, 0.15) is 19.3 Å². The number of morpholine rings is 1. The van der Waals surface area contributed by atoms with Gasteiger partial charge in [0.2, 0.25) is 17.7 Å². The number of carbonyl (C=O) groups is 2. The summed E-state index contributed by atoms with van der Waals surface area (Å²) in [5.41, 5.74) is 5.01. The molecule has 1 aliphatic carbocycles. The number of benzene rings is 3. The third-order valence-corrected chi connectivity index (χ3v) is 8.16. The van der Waals surface area contributed by atoms with Crippen LogP contribution in [-0.2, 0) is 14.3 Å². The van der Waals surface area contributed by atoms with Crippen LogP contribution >= 0.6 is 0 Å². The topological polar surface area (TPSA) is 129 Å². The zero-order chi connectivity index (χ0) is 32.3. The van der Waals surface area contributed by atoms with E-state index in [0.29, 0.717) is 29.0 Å². The van der Waals surface area contributed by atoms with Crippen LogP contribution in [0, 0.1) is 17.0 Å². The second kappa shape index (κ2) is 13.2. The van der Waals surface area contributed by atoms with Crippen molar-refractivity contribution in [2.75, 3.05) is 51.5 Å². The van der Waals surface area contributed by atoms with Gasteiger partial charge in [-0.1, -0.05) is 0 Å². The van der Waals surface area contributed by atoms with Crippen molar-refractivity contribution >= 4 is 34.1 Å². The molecule has 2 aliphatic rings. The summed E-state index contributed by atoms with van der Waals surface area (Å²) < 4.78 is 52.2. The molecule has 1 aromatic heterocycles. The third-order valence-electron chi connectivity index (χ3n) is 8.16. The molecule has 1 saturated carbocycles. The third kappa shape index (κ3) is 6.42. The van der Waals surface area contributed by atoms with Gasteiger partial charge in [0.25, 0.3) is 0 Å². The highest BCUT2D eigenvalue weighted by Gasteiger charge is 2.57. The molecule has 6 rings (SSSR count). The Kier molecular flexibility index (Phi) is 8.95. The lowest BCUT2D eigenvalue weighted by Crippen LogP contribution is -2.41. The average Bonchev–Trinajstić information content (AvgIpc) is 3.88. The Balaban J connectivity index is 1.25. The van der Waals surface area contributed by atoms with Crippen LogP contribution in [0.4, 0.5) is 20.2 Å². The average molecular weight is 634 g/mol. The number of amides is 2. The molecule has 0 radical (unpaired) electrons. The fourth-order valence-electron chi connectivity index (χ4n) is 5.38. The Hall–Kier alpha value is -4.88. The van der Waals surface area contributed by atoms with E-state index in [2.05, 4.69) is 14.9 Å². The fraction of sp³-hybridized carbons (Fsp3) is 0.333. The lowest BCUT2D eigenvalue weighted by Gasteiger charge is -2.26. The summed E-state index contributed by atoms with van der Waals surface area (Å²) in [6, 6.07) is 12.4. The molecule has 2 N–H and O–H groups in total. The van der Waals surface area contributed by atoms with E-state index >= 15 is 4.39 Å². The van der Waals surface area contributed by atoms with E-state index in [-0.39, 0.29) is 35.8 Å². The summed E-state index contributed by atoms with van der Waals surface area (Å²) in [7, 11) is 1.53. The smallest absolute Gasteiger partial charge is 0.247 e. The quantitative estimate of drug-likeness (QED) is 0.174. The molecule has 0 unspecified atom stereocenters. The van der Waals surface area contributed by atoms with Crippen molar-refractivity contribution in [2.24, 2.45) is 11.1 Å². The summed E-state index contributed by atoms with van der Waals surface area (Å²) in [4.78, 5) is 37.8. The van der Waals surface area contributed by atoms with Gasteiger partial charge < -0.3 is 24.7 Å². The molecule has 3 aromatic carbocycles. The summed E-state index contributed by atoms with van der Waals surface area (Å²) in [5, 5.41) is 0.468. The molecule has 0 spiro atoms. The number of halogens is 2. The van der Waals surface area contributed by atoms with Crippen molar-refractivity contribution in [1.29, 1.82) is 0 Å². The van der Waals surface area contributed by atoms with Crippen molar-refractivity contribution in [1.82, 2.24) is 14.9 Å². The van der Waals surface area contributed by atoms with Crippen LogP contribution < -0.4 is 24.8 Å². The maximum Gasteiger partial charge on any atom is 0.247 e. The zero-order valence-electron chi connectivity index (χ0n) is 25.2. The minimum Gasteiger partial charge on any atom is -0.493 e. The van der Waals surface area contributed by atoms with Crippen molar-refractivity contribution in [3.8, 4) is 23.1 Å². The number of fused-ring (bicyclic) bond motifs is 1. The minimum atomic E-state index is -1.40. The van der Waals surface area contributed by atoms with Gasteiger partial charge in [-0.05, 0) is 61.7 Å². The molecule has 11 nitrogen and oxygen atoms in total. The number of ether oxygens (including phenoxy) is 4. The summed E-state index contributed by atoms with van der Waals surface area (Å²) >= 11 is 0. The first-order valence-electron chi connectivity index (χ1n) is 14.9. The number of carbonyl (C=O) groups excluding carboxylic acids is 2. The van der Waals surface area contributed by atoms with Crippen LogP contribution in [0.5, 0.6) is 23.1 Å². The minimum absolute atomic E-state index is 0.0783. The van der Waals surface area contributed by atoms with Gasteiger partial charge in [0.05, 0.1) is 43.5 Å². The molecule has 2 heterocycles. The predicted octanol–water partition coefficient (Wildman–Crippen LogP) is 4.74. The van der Waals surface area contributed by atoms with Gasteiger partial charge in [-0.3, -0.25) is 19.4 Å². The van der Waals surface area contributed by atoms with E-state index in [1.807, 2.05) is 0 Å². The molecule has 2 fully saturated rings. The Morgan fingerprint density at radius 2 is 1.72 bits per heavy atom. The van der Waals surface area contributed by atoms with E-state index in [9.17, 15) is 14.0 Å². The first-order chi connectivity index (χ1) is 22.3. The SMILES string of the molecule is COc1cc2ncnc(Oc3ccc(N(C(=O)C4(C(N)=O)CC4)c4ccc(F)cc4)cc3F)c2cc1OCCCN1CCOCC1. The number of anilines is 2. The largest absolute Gasteiger partial charge is 0.493 e. The number of nitrogens with zero attached hydrogens (tertiary/aromatic N) is 4. The molecular weight excluding hydrogens is 600 g/mol. The van der Waals surface area contributed by atoms with Crippen molar-refractivity contribution in [2.45, 2.75) is 19.3 Å². The summed E-state index contributed by atoms with van der Waals surface area (Å²) in [6.07, 6.45) is 2.63. The molecule has 4 aromatic rings. The Labute approximate surface area is 263 Å².